The van der Waals surface area contributed by atoms with Gasteiger partial charge in [-0.1, -0.05) is 11.6 Å². The predicted molar refractivity (Wildman–Crippen MR) is 88.2 cm³/mol. The maximum absolute atomic E-state index is 12.2. The molecular formula is C16H18ClN3OS. The molecule has 1 amide bonds. The smallest absolute Gasteiger partial charge is 0.220 e. The summed E-state index contributed by atoms with van der Waals surface area (Å²) in [4.78, 5) is 21.9. The first-order chi connectivity index (χ1) is 10.6. The van der Waals surface area contributed by atoms with Crippen molar-refractivity contribution in [1.29, 1.82) is 0 Å². The summed E-state index contributed by atoms with van der Waals surface area (Å²) in [6.45, 7) is 1.85. The quantitative estimate of drug-likeness (QED) is 0.928. The third-order valence-electron chi connectivity index (χ3n) is 3.86. The van der Waals surface area contributed by atoms with Gasteiger partial charge in [-0.25, -0.2) is 9.97 Å². The summed E-state index contributed by atoms with van der Waals surface area (Å²) in [5.41, 5.74) is 2.11. The molecule has 0 aliphatic heterocycles. The first kappa shape index (κ1) is 15.4. The molecule has 1 aliphatic carbocycles. The number of hydrogen-bond donors (Lipinski definition) is 1. The fourth-order valence-electron chi connectivity index (χ4n) is 2.82. The van der Waals surface area contributed by atoms with E-state index >= 15 is 0 Å². The van der Waals surface area contributed by atoms with Crippen LogP contribution in [0.25, 0.3) is 0 Å². The first-order valence-electron chi connectivity index (χ1n) is 7.48. The van der Waals surface area contributed by atoms with Crippen LogP contribution < -0.4 is 5.32 Å². The molecule has 1 atom stereocenters. The highest BCUT2D eigenvalue weighted by Gasteiger charge is 2.24. The minimum Gasteiger partial charge on any atom is -0.349 e. The highest BCUT2D eigenvalue weighted by atomic mass is 35.5. The maximum Gasteiger partial charge on any atom is 0.220 e. The van der Waals surface area contributed by atoms with Crippen LogP contribution in [0.3, 0.4) is 0 Å². The summed E-state index contributed by atoms with van der Waals surface area (Å²) in [5.74, 6) is 0.805. The third-order valence-corrected chi connectivity index (χ3v) is 5.20. The van der Waals surface area contributed by atoms with Gasteiger partial charge in [0.15, 0.2) is 0 Å². The molecule has 1 aliphatic rings. The number of hydrogen-bond acceptors (Lipinski definition) is 4. The number of fused-ring (bicyclic) bond motifs is 1. The summed E-state index contributed by atoms with van der Waals surface area (Å²) in [6.07, 6.45) is 5.97. The van der Waals surface area contributed by atoms with Crippen LogP contribution in [-0.4, -0.2) is 15.9 Å². The van der Waals surface area contributed by atoms with Crippen LogP contribution in [0.4, 0.5) is 0 Å². The Morgan fingerprint density at radius 1 is 1.55 bits per heavy atom. The normalized spacial score (nSPS) is 17.1. The molecule has 2 aromatic heterocycles. The lowest BCUT2D eigenvalue weighted by molar-refractivity contribution is -0.121. The Balaban J connectivity index is 1.58. The molecule has 0 saturated carbocycles. The van der Waals surface area contributed by atoms with Crippen molar-refractivity contribution in [3.8, 4) is 0 Å². The van der Waals surface area contributed by atoms with Gasteiger partial charge < -0.3 is 5.32 Å². The summed E-state index contributed by atoms with van der Waals surface area (Å²) < 4.78 is 0.808. The van der Waals surface area contributed by atoms with Crippen LogP contribution in [0, 0.1) is 6.92 Å². The molecular weight excluding hydrogens is 318 g/mol. The molecule has 2 aromatic rings. The Kier molecular flexibility index (Phi) is 4.74. The van der Waals surface area contributed by atoms with Gasteiger partial charge in [-0.2, -0.15) is 0 Å². The van der Waals surface area contributed by atoms with Crippen molar-refractivity contribution in [2.24, 2.45) is 0 Å². The number of rotatable bonds is 4. The van der Waals surface area contributed by atoms with E-state index in [-0.39, 0.29) is 11.9 Å². The zero-order valence-corrected chi connectivity index (χ0v) is 14.0. The molecule has 0 fully saturated rings. The fraction of sp³-hybridized carbons (Fsp3) is 0.438. The Morgan fingerprint density at radius 3 is 3.23 bits per heavy atom. The van der Waals surface area contributed by atoms with E-state index in [2.05, 4.69) is 15.3 Å². The molecule has 6 heteroatoms. The minimum absolute atomic E-state index is 0.0661. The molecule has 0 saturated heterocycles. The summed E-state index contributed by atoms with van der Waals surface area (Å²) >= 11 is 7.73. The second-order valence-corrected chi connectivity index (χ2v) is 7.30. The van der Waals surface area contributed by atoms with Crippen molar-refractivity contribution in [1.82, 2.24) is 15.3 Å². The molecule has 0 spiro atoms. The van der Waals surface area contributed by atoms with E-state index < -0.39 is 0 Å². The molecule has 22 heavy (non-hydrogen) atoms. The number of thiophene rings is 1. The molecule has 4 nitrogen and oxygen atoms in total. The topological polar surface area (TPSA) is 54.9 Å². The van der Waals surface area contributed by atoms with Crippen LogP contribution in [-0.2, 0) is 17.6 Å². The van der Waals surface area contributed by atoms with E-state index in [1.807, 2.05) is 19.1 Å². The largest absolute Gasteiger partial charge is 0.349 e. The lowest BCUT2D eigenvalue weighted by Crippen LogP contribution is -2.30. The molecule has 2 heterocycles. The summed E-state index contributed by atoms with van der Waals surface area (Å²) in [6, 6.07) is 3.96. The van der Waals surface area contributed by atoms with Crippen molar-refractivity contribution in [3.63, 3.8) is 0 Å². The van der Waals surface area contributed by atoms with Gasteiger partial charge in [-0.05, 0) is 50.3 Å². The fourth-order valence-corrected chi connectivity index (χ4v) is 4.21. The molecule has 1 N–H and O–H groups in total. The summed E-state index contributed by atoms with van der Waals surface area (Å²) in [7, 11) is 0. The second kappa shape index (κ2) is 6.75. The van der Waals surface area contributed by atoms with Crippen molar-refractivity contribution in [2.75, 3.05) is 0 Å². The van der Waals surface area contributed by atoms with Crippen molar-refractivity contribution < 1.29 is 4.79 Å². The number of aryl methyl sites for hydroxylation is 3. The summed E-state index contributed by atoms with van der Waals surface area (Å²) in [5, 5.41) is 3.14. The Morgan fingerprint density at radius 2 is 2.41 bits per heavy atom. The number of halogens is 1. The monoisotopic (exact) mass is 335 g/mol. The van der Waals surface area contributed by atoms with Crippen molar-refractivity contribution >= 4 is 28.8 Å². The Bertz CT molecular complexity index is 686. The number of amides is 1. The first-order valence-corrected chi connectivity index (χ1v) is 8.67. The number of nitrogens with one attached hydrogen (secondary N) is 1. The minimum atomic E-state index is 0.0661. The molecule has 0 radical (unpaired) electrons. The van der Waals surface area contributed by atoms with Gasteiger partial charge in [-0.3, -0.25) is 4.79 Å². The van der Waals surface area contributed by atoms with E-state index in [0.29, 0.717) is 12.8 Å². The maximum atomic E-state index is 12.2. The molecule has 0 bridgehead atoms. The van der Waals surface area contributed by atoms with Gasteiger partial charge >= 0.3 is 0 Å². The lowest BCUT2D eigenvalue weighted by atomic mass is 9.94. The van der Waals surface area contributed by atoms with E-state index in [4.69, 9.17) is 11.6 Å². The second-order valence-electron chi connectivity index (χ2n) is 5.54. The van der Waals surface area contributed by atoms with Gasteiger partial charge in [-0.15, -0.1) is 11.3 Å². The highest BCUT2D eigenvalue weighted by Crippen LogP contribution is 2.37. The average Bonchev–Trinajstić information content (AvgIpc) is 2.87. The van der Waals surface area contributed by atoms with Gasteiger partial charge in [0.1, 0.15) is 5.82 Å². The molecule has 116 valence electrons. The van der Waals surface area contributed by atoms with Crippen molar-refractivity contribution in [3.05, 3.63) is 44.6 Å². The Hall–Kier alpha value is -1.46. The molecule has 0 aromatic carbocycles. The van der Waals surface area contributed by atoms with Crippen LogP contribution in [0.1, 0.15) is 47.3 Å². The number of aromatic nitrogens is 2. The van der Waals surface area contributed by atoms with E-state index in [9.17, 15) is 4.79 Å². The van der Waals surface area contributed by atoms with E-state index in [1.54, 1.807) is 17.5 Å². The third kappa shape index (κ3) is 3.65. The van der Waals surface area contributed by atoms with E-state index in [0.717, 1.165) is 35.1 Å². The highest BCUT2D eigenvalue weighted by molar-refractivity contribution is 7.16. The number of nitrogens with zero attached hydrogens (tertiary/aromatic N) is 2. The van der Waals surface area contributed by atoms with Crippen LogP contribution in [0.15, 0.2) is 18.3 Å². The van der Waals surface area contributed by atoms with Crippen LogP contribution in [0.2, 0.25) is 4.34 Å². The zero-order chi connectivity index (χ0) is 15.5. The van der Waals surface area contributed by atoms with E-state index in [1.165, 1.54) is 10.4 Å². The van der Waals surface area contributed by atoms with Gasteiger partial charge in [0.05, 0.1) is 10.4 Å². The van der Waals surface area contributed by atoms with Gasteiger partial charge in [0.25, 0.3) is 0 Å². The average molecular weight is 336 g/mol. The standard InChI is InChI=1S/C16H18ClN3OS/c1-10-18-8-7-11(19-10)5-6-16(21)20-13-3-2-4-14-12(13)9-15(17)22-14/h7-9,13H,2-6H2,1H3,(H,20,21). The lowest BCUT2D eigenvalue weighted by Gasteiger charge is -2.23. The number of carbonyl (C=O) groups excluding carboxylic acids is 1. The number of carbonyl (C=O) groups is 1. The Labute approximate surface area is 138 Å². The zero-order valence-electron chi connectivity index (χ0n) is 12.4. The molecule has 3 rings (SSSR count). The SMILES string of the molecule is Cc1nccc(CCC(=O)NC2CCCc3sc(Cl)cc32)n1. The van der Waals surface area contributed by atoms with Crippen LogP contribution >= 0.6 is 22.9 Å². The molecule has 1 unspecified atom stereocenters. The van der Waals surface area contributed by atoms with Gasteiger partial charge in [0, 0.05) is 23.2 Å². The van der Waals surface area contributed by atoms with Gasteiger partial charge in [0.2, 0.25) is 5.91 Å². The van der Waals surface area contributed by atoms with Crippen LogP contribution in [0.5, 0.6) is 0 Å². The predicted octanol–water partition coefficient (Wildman–Crippen LogP) is 3.63. The van der Waals surface area contributed by atoms with Crippen molar-refractivity contribution in [2.45, 2.75) is 45.1 Å².